The van der Waals surface area contributed by atoms with Crippen molar-refractivity contribution in [1.29, 1.82) is 0 Å². The molecule has 100 valence electrons. The average molecular weight is 340 g/mol. The zero-order valence-electron chi connectivity index (χ0n) is 10.7. The molecule has 2 N–H and O–H groups in total. The van der Waals surface area contributed by atoms with Gasteiger partial charge in [0.05, 0.1) is 0 Å². The van der Waals surface area contributed by atoms with Gasteiger partial charge in [-0.05, 0) is 57.7 Å². The van der Waals surface area contributed by atoms with Crippen LogP contribution >= 0.6 is 27.5 Å². The number of aromatic nitrogens is 1. The first-order valence-electron chi connectivity index (χ1n) is 6.17. The molecule has 0 amide bonds. The van der Waals surface area contributed by atoms with Crippen molar-refractivity contribution in [1.82, 2.24) is 4.98 Å². The molecule has 0 radical (unpaired) electrons. The van der Waals surface area contributed by atoms with Gasteiger partial charge in [0.15, 0.2) is 0 Å². The largest absolute Gasteiger partial charge is 0.330 e. The molecular weight excluding hydrogens is 324 g/mol. The van der Waals surface area contributed by atoms with Crippen molar-refractivity contribution in [3.8, 4) is 0 Å². The molecule has 1 heterocycles. The average Bonchev–Trinajstić information content (AvgIpc) is 2.40. The van der Waals surface area contributed by atoms with Crippen LogP contribution in [-0.4, -0.2) is 11.5 Å². The van der Waals surface area contributed by atoms with Gasteiger partial charge in [-0.25, -0.2) is 0 Å². The van der Waals surface area contributed by atoms with E-state index in [0.29, 0.717) is 12.5 Å². The van der Waals surface area contributed by atoms with Crippen LogP contribution in [-0.2, 0) is 0 Å². The maximum atomic E-state index is 5.95. The standard InChI is InChI=1S/C15H16BrClN2/c1-10(11-2-4-14(17)5-3-11)15(7-18)12-6-13(16)9-19-8-12/h2-6,8-10,15H,7,18H2,1H3. The van der Waals surface area contributed by atoms with E-state index in [9.17, 15) is 0 Å². The Morgan fingerprint density at radius 1 is 1.21 bits per heavy atom. The van der Waals surface area contributed by atoms with Crippen molar-refractivity contribution in [2.45, 2.75) is 18.8 Å². The minimum atomic E-state index is 0.242. The molecule has 1 aromatic carbocycles. The van der Waals surface area contributed by atoms with Crippen LogP contribution in [0.1, 0.15) is 29.9 Å². The first-order chi connectivity index (χ1) is 9.11. The van der Waals surface area contributed by atoms with E-state index in [4.69, 9.17) is 17.3 Å². The lowest BCUT2D eigenvalue weighted by Gasteiger charge is -2.23. The highest BCUT2D eigenvalue weighted by Gasteiger charge is 2.20. The summed E-state index contributed by atoms with van der Waals surface area (Å²) in [6, 6.07) is 10.0. The van der Waals surface area contributed by atoms with Crippen molar-refractivity contribution < 1.29 is 0 Å². The molecular formula is C15H16BrClN2. The topological polar surface area (TPSA) is 38.9 Å². The van der Waals surface area contributed by atoms with Gasteiger partial charge in [-0.15, -0.1) is 0 Å². The van der Waals surface area contributed by atoms with Gasteiger partial charge in [0, 0.05) is 27.8 Å². The Kier molecular flexibility index (Phi) is 4.97. The van der Waals surface area contributed by atoms with E-state index in [2.05, 4.69) is 46.0 Å². The van der Waals surface area contributed by atoms with Gasteiger partial charge in [0.1, 0.15) is 0 Å². The van der Waals surface area contributed by atoms with Crippen LogP contribution in [0.15, 0.2) is 47.2 Å². The Morgan fingerprint density at radius 2 is 1.89 bits per heavy atom. The highest BCUT2D eigenvalue weighted by atomic mass is 79.9. The van der Waals surface area contributed by atoms with Crippen LogP contribution in [0.2, 0.25) is 5.02 Å². The summed E-state index contributed by atoms with van der Waals surface area (Å²) in [4.78, 5) is 4.22. The first kappa shape index (κ1) is 14.5. The SMILES string of the molecule is CC(c1ccc(Cl)cc1)C(CN)c1cncc(Br)c1. The summed E-state index contributed by atoms with van der Waals surface area (Å²) >= 11 is 9.38. The van der Waals surface area contributed by atoms with Gasteiger partial charge in [0.2, 0.25) is 0 Å². The molecule has 0 saturated heterocycles. The van der Waals surface area contributed by atoms with Crippen molar-refractivity contribution in [2.24, 2.45) is 5.73 Å². The van der Waals surface area contributed by atoms with E-state index in [0.717, 1.165) is 15.1 Å². The number of hydrogen-bond acceptors (Lipinski definition) is 2. The third-order valence-electron chi connectivity index (χ3n) is 3.41. The summed E-state index contributed by atoms with van der Waals surface area (Å²) in [6.07, 6.45) is 3.67. The molecule has 0 spiro atoms. The fourth-order valence-electron chi connectivity index (χ4n) is 2.26. The zero-order valence-corrected chi connectivity index (χ0v) is 13.0. The van der Waals surface area contributed by atoms with Crippen LogP contribution in [0, 0.1) is 0 Å². The van der Waals surface area contributed by atoms with Crippen LogP contribution in [0.3, 0.4) is 0 Å². The Bertz CT molecular complexity index is 542. The molecule has 1 aromatic heterocycles. The van der Waals surface area contributed by atoms with Gasteiger partial charge >= 0.3 is 0 Å². The Hall–Kier alpha value is -0.900. The van der Waals surface area contributed by atoms with E-state index >= 15 is 0 Å². The summed E-state index contributed by atoms with van der Waals surface area (Å²) < 4.78 is 0.978. The minimum Gasteiger partial charge on any atom is -0.330 e. The van der Waals surface area contributed by atoms with Gasteiger partial charge in [-0.3, -0.25) is 4.98 Å². The summed E-state index contributed by atoms with van der Waals surface area (Å²) in [5.41, 5.74) is 8.34. The first-order valence-corrected chi connectivity index (χ1v) is 7.35. The molecule has 0 aliphatic carbocycles. The quantitative estimate of drug-likeness (QED) is 0.899. The lowest BCUT2D eigenvalue weighted by molar-refractivity contribution is 0.582. The van der Waals surface area contributed by atoms with E-state index < -0.39 is 0 Å². The monoisotopic (exact) mass is 338 g/mol. The normalized spacial score (nSPS) is 14.1. The number of hydrogen-bond donors (Lipinski definition) is 1. The summed E-state index contributed by atoms with van der Waals surface area (Å²) in [5.74, 6) is 0.560. The van der Waals surface area contributed by atoms with Crippen LogP contribution in [0.4, 0.5) is 0 Å². The number of pyridine rings is 1. The maximum absolute atomic E-state index is 5.95. The second-order valence-electron chi connectivity index (χ2n) is 4.62. The lowest BCUT2D eigenvalue weighted by atomic mass is 9.83. The molecule has 19 heavy (non-hydrogen) atoms. The van der Waals surface area contributed by atoms with E-state index in [1.165, 1.54) is 5.56 Å². The fraction of sp³-hybridized carbons (Fsp3) is 0.267. The third-order valence-corrected chi connectivity index (χ3v) is 4.09. The van der Waals surface area contributed by atoms with Gasteiger partial charge < -0.3 is 5.73 Å². The van der Waals surface area contributed by atoms with Crippen molar-refractivity contribution in [3.63, 3.8) is 0 Å². The molecule has 2 nitrogen and oxygen atoms in total. The third kappa shape index (κ3) is 3.56. The molecule has 0 saturated carbocycles. The second-order valence-corrected chi connectivity index (χ2v) is 5.97. The highest BCUT2D eigenvalue weighted by molar-refractivity contribution is 9.10. The van der Waals surface area contributed by atoms with Gasteiger partial charge in [-0.1, -0.05) is 30.7 Å². The molecule has 4 heteroatoms. The molecule has 2 unspecified atom stereocenters. The fourth-order valence-corrected chi connectivity index (χ4v) is 2.77. The van der Waals surface area contributed by atoms with Crippen molar-refractivity contribution in [2.75, 3.05) is 6.54 Å². The number of benzene rings is 1. The molecule has 2 rings (SSSR count). The lowest BCUT2D eigenvalue weighted by Crippen LogP contribution is -2.18. The van der Waals surface area contributed by atoms with Crippen LogP contribution < -0.4 is 5.73 Å². The predicted molar refractivity (Wildman–Crippen MR) is 83.6 cm³/mol. The maximum Gasteiger partial charge on any atom is 0.0410 e. The molecule has 0 aliphatic rings. The second kappa shape index (κ2) is 6.51. The van der Waals surface area contributed by atoms with Crippen LogP contribution in [0.25, 0.3) is 0 Å². The van der Waals surface area contributed by atoms with Gasteiger partial charge in [-0.2, -0.15) is 0 Å². The number of nitrogens with two attached hydrogens (primary N) is 1. The number of halogens is 2. The highest BCUT2D eigenvalue weighted by Crippen LogP contribution is 2.33. The Balaban J connectivity index is 2.28. The molecule has 0 bridgehead atoms. The Labute approximate surface area is 127 Å². The number of nitrogens with zero attached hydrogens (tertiary/aromatic N) is 1. The summed E-state index contributed by atoms with van der Waals surface area (Å²) in [5, 5.41) is 0.754. The van der Waals surface area contributed by atoms with Crippen molar-refractivity contribution >= 4 is 27.5 Å². The number of rotatable bonds is 4. The zero-order chi connectivity index (χ0) is 13.8. The van der Waals surface area contributed by atoms with Crippen molar-refractivity contribution in [3.05, 3.63) is 63.3 Å². The minimum absolute atomic E-state index is 0.242. The van der Waals surface area contributed by atoms with E-state index in [1.807, 2.05) is 18.3 Å². The molecule has 0 aliphatic heterocycles. The Morgan fingerprint density at radius 3 is 2.47 bits per heavy atom. The molecule has 0 fully saturated rings. The van der Waals surface area contributed by atoms with Crippen LogP contribution in [0.5, 0.6) is 0 Å². The molecule has 2 aromatic rings. The van der Waals surface area contributed by atoms with E-state index in [-0.39, 0.29) is 5.92 Å². The smallest absolute Gasteiger partial charge is 0.0410 e. The summed E-state index contributed by atoms with van der Waals surface area (Å²) in [7, 11) is 0. The predicted octanol–water partition coefficient (Wildman–Crippen LogP) is 4.34. The van der Waals surface area contributed by atoms with Gasteiger partial charge in [0.25, 0.3) is 0 Å². The molecule has 2 atom stereocenters. The summed E-state index contributed by atoms with van der Waals surface area (Å²) in [6.45, 7) is 2.77. The van der Waals surface area contributed by atoms with E-state index in [1.54, 1.807) is 6.20 Å².